The first-order valence-electron chi connectivity index (χ1n) is 24.1. The topological polar surface area (TPSA) is 135 Å². The summed E-state index contributed by atoms with van der Waals surface area (Å²) in [7, 11) is 0. The maximum absolute atomic E-state index is 12.7. The maximum Gasteiger partial charge on any atom is 0.306 e. The van der Waals surface area contributed by atoms with Crippen molar-refractivity contribution in [1.82, 2.24) is 0 Å². The van der Waals surface area contributed by atoms with Gasteiger partial charge in [0.1, 0.15) is 30.5 Å². The molecule has 1 aliphatic rings. The molecule has 0 aromatic carbocycles. The summed E-state index contributed by atoms with van der Waals surface area (Å²) in [4.78, 5) is 12.7. The Morgan fingerprint density at radius 3 is 1.27 bits per heavy atom. The van der Waals surface area contributed by atoms with E-state index in [4.69, 9.17) is 18.9 Å². The Hall–Kier alpha value is -0.810. The lowest BCUT2D eigenvalue weighted by molar-refractivity contribution is -0.305. The number of hydrogen-bond donors (Lipinski definition) is 4. The molecule has 1 rings (SSSR count). The molecule has 1 heterocycles. The van der Waals surface area contributed by atoms with Crippen molar-refractivity contribution >= 4 is 5.97 Å². The van der Waals surface area contributed by atoms with E-state index in [1.54, 1.807) is 0 Å². The van der Waals surface area contributed by atoms with Crippen molar-refractivity contribution in [1.29, 1.82) is 0 Å². The van der Waals surface area contributed by atoms with Crippen LogP contribution in [0.25, 0.3) is 0 Å². The van der Waals surface area contributed by atoms with Crippen molar-refractivity contribution in [3.05, 3.63) is 0 Å². The van der Waals surface area contributed by atoms with Gasteiger partial charge in [-0.2, -0.15) is 0 Å². The normalized spacial score (nSPS) is 20.4. The van der Waals surface area contributed by atoms with Gasteiger partial charge in [-0.3, -0.25) is 4.79 Å². The number of unbranched alkanes of at least 4 members (excludes halogenated alkanes) is 31. The van der Waals surface area contributed by atoms with Gasteiger partial charge in [0.2, 0.25) is 0 Å². The molecule has 0 aromatic rings. The van der Waals surface area contributed by atoms with Crippen molar-refractivity contribution in [2.24, 2.45) is 0 Å². The molecule has 6 unspecified atom stereocenters. The van der Waals surface area contributed by atoms with Crippen molar-refractivity contribution < 1.29 is 44.2 Å². The van der Waals surface area contributed by atoms with Crippen LogP contribution in [-0.4, -0.2) is 89.6 Å². The van der Waals surface area contributed by atoms with Gasteiger partial charge in [0.25, 0.3) is 0 Å². The van der Waals surface area contributed by atoms with Gasteiger partial charge in [0, 0.05) is 13.0 Å². The molecule has 1 saturated heterocycles. The van der Waals surface area contributed by atoms with E-state index in [0.717, 1.165) is 32.1 Å². The summed E-state index contributed by atoms with van der Waals surface area (Å²) in [5.74, 6) is -0.309. The van der Waals surface area contributed by atoms with Crippen LogP contribution in [0.4, 0.5) is 0 Å². The van der Waals surface area contributed by atoms with E-state index < -0.39 is 43.4 Å². The summed E-state index contributed by atoms with van der Waals surface area (Å²) in [6, 6.07) is 0. The van der Waals surface area contributed by atoms with Gasteiger partial charge in [-0.25, -0.2) is 0 Å². The predicted molar refractivity (Wildman–Crippen MR) is 229 cm³/mol. The fraction of sp³-hybridized carbons (Fsp3) is 0.979. The van der Waals surface area contributed by atoms with Crippen LogP contribution >= 0.6 is 0 Å². The second-order valence-electron chi connectivity index (χ2n) is 16.9. The van der Waals surface area contributed by atoms with Crippen LogP contribution in [0, 0.1) is 0 Å². The van der Waals surface area contributed by atoms with E-state index in [9.17, 15) is 25.2 Å². The standard InChI is InChI=1S/C47H92O9/c1-3-5-7-9-11-13-15-16-17-18-19-20-21-22-23-24-25-27-29-31-33-35-37-53-39-41(40-54-47-46(52)45(51)44(50)42(38-48)56-47)55-43(49)36-34-32-30-28-26-14-12-10-8-6-4-2/h41-42,44-48,50-52H,3-40H2,1-2H3. The number of esters is 1. The highest BCUT2D eigenvalue weighted by molar-refractivity contribution is 5.69. The highest BCUT2D eigenvalue weighted by Crippen LogP contribution is 2.23. The summed E-state index contributed by atoms with van der Waals surface area (Å²) >= 11 is 0. The van der Waals surface area contributed by atoms with Gasteiger partial charge < -0.3 is 39.4 Å². The molecule has 1 aliphatic heterocycles. The van der Waals surface area contributed by atoms with Gasteiger partial charge >= 0.3 is 5.97 Å². The summed E-state index contributed by atoms with van der Waals surface area (Å²) in [6.45, 7) is 4.60. The zero-order valence-electron chi connectivity index (χ0n) is 36.7. The first-order chi connectivity index (χ1) is 27.4. The maximum atomic E-state index is 12.7. The fourth-order valence-corrected chi connectivity index (χ4v) is 7.73. The SMILES string of the molecule is CCCCCCCCCCCCCCCCCCCCCCCCOCC(COC1OC(CO)C(O)C(O)C1O)OC(=O)CCCCCCCCCCCCC. The molecule has 6 atom stereocenters. The highest BCUT2D eigenvalue weighted by Gasteiger charge is 2.44. The van der Waals surface area contributed by atoms with Gasteiger partial charge in [-0.15, -0.1) is 0 Å². The largest absolute Gasteiger partial charge is 0.457 e. The molecule has 56 heavy (non-hydrogen) atoms. The average molecular weight is 801 g/mol. The lowest BCUT2D eigenvalue weighted by Gasteiger charge is -2.39. The number of carbonyl (C=O) groups excluding carboxylic acids is 1. The molecular weight excluding hydrogens is 709 g/mol. The predicted octanol–water partition coefficient (Wildman–Crippen LogP) is 11.0. The van der Waals surface area contributed by atoms with Gasteiger partial charge in [-0.05, 0) is 12.8 Å². The highest BCUT2D eigenvalue weighted by atomic mass is 16.7. The molecule has 0 saturated carbocycles. The quantitative estimate of drug-likeness (QED) is 0.0351. The molecule has 1 fully saturated rings. The van der Waals surface area contributed by atoms with Crippen LogP contribution in [0.15, 0.2) is 0 Å². The fourth-order valence-electron chi connectivity index (χ4n) is 7.73. The third-order valence-electron chi connectivity index (χ3n) is 11.5. The van der Waals surface area contributed by atoms with Crippen LogP contribution < -0.4 is 0 Å². The molecule has 0 aromatic heterocycles. The molecule has 9 heteroatoms. The van der Waals surface area contributed by atoms with Crippen LogP contribution in [0.3, 0.4) is 0 Å². The minimum atomic E-state index is -1.53. The van der Waals surface area contributed by atoms with Crippen molar-refractivity contribution in [3.8, 4) is 0 Å². The van der Waals surface area contributed by atoms with Crippen LogP contribution in [-0.2, 0) is 23.7 Å². The number of ether oxygens (including phenoxy) is 4. The second-order valence-corrected chi connectivity index (χ2v) is 16.9. The summed E-state index contributed by atoms with van der Waals surface area (Å²) in [5.41, 5.74) is 0. The number of carbonyl (C=O) groups is 1. The Bertz CT molecular complexity index is 827. The van der Waals surface area contributed by atoms with Gasteiger partial charge in [0.15, 0.2) is 6.29 Å². The Balaban J connectivity index is 2.16. The number of aliphatic hydroxyl groups is 4. The van der Waals surface area contributed by atoms with E-state index in [1.165, 1.54) is 180 Å². The molecule has 0 amide bonds. The average Bonchev–Trinajstić information content (AvgIpc) is 3.20. The molecule has 0 bridgehead atoms. The summed E-state index contributed by atoms with van der Waals surface area (Å²) in [6.07, 6.45) is 35.7. The van der Waals surface area contributed by atoms with Crippen LogP contribution in [0.1, 0.15) is 232 Å². The zero-order valence-corrected chi connectivity index (χ0v) is 36.7. The molecular formula is C47H92O9. The minimum Gasteiger partial charge on any atom is -0.457 e. The van der Waals surface area contributed by atoms with Crippen LogP contribution in [0.2, 0.25) is 0 Å². The van der Waals surface area contributed by atoms with E-state index in [0.29, 0.717) is 13.0 Å². The molecule has 9 nitrogen and oxygen atoms in total. The second kappa shape index (κ2) is 39.6. The summed E-state index contributed by atoms with van der Waals surface area (Å²) in [5, 5.41) is 40.1. The van der Waals surface area contributed by atoms with E-state index in [-0.39, 0.29) is 19.2 Å². The van der Waals surface area contributed by atoms with E-state index in [1.807, 2.05) is 0 Å². The van der Waals surface area contributed by atoms with Gasteiger partial charge in [0.05, 0.1) is 19.8 Å². The van der Waals surface area contributed by atoms with Gasteiger partial charge in [-0.1, -0.05) is 213 Å². The van der Waals surface area contributed by atoms with Crippen molar-refractivity contribution in [3.63, 3.8) is 0 Å². The Labute approximate surface area is 344 Å². The monoisotopic (exact) mass is 801 g/mol. The minimum absolute atomic E-state index is 0.105. The van der Waals surface area contributed by atoms with E-state index >= 15 is 0 Å². The zero-order chi connectivity index (χ0) is 40.7. The van der Waals surface area contributed by atoms with E-state index in [2.05, 4.69) is 13.8 Å². The first kappa shape index (κ1) is 53.2. The Morgan fingerprint density at radius 2 is 0.875 bits per heavy atom. The van der Waals surface area contributed by atoms with Crippen molar-refractivity contribution in [2.75, 3.05) is 26.4 Å². The first-order valence-corrected chi connectivity index (χ1v) is 24.1. The summed E-state index contributed by atoms with van der Waals surface area (Å²) < 4.78 is 22.8. The third-order valence-corrected chi connectivity index (χ3v) is 11.5. The Morgan fingerprint density at radius 1 is 0.500 bits per heavy atom. The van der Waals surface area contributed by atoms with Crippen LogP contribution in [0.5, 0.6) is 0 Å². The smallest absolute Gasteiger partial charge is 0.306 e. The number of aliphatic hydroxyl groups excluding tert-OH is 4. The molecule has 0 radical (unpaired) electrons. The number of hydrogen-bond acceptors (Lipinski definition) is 9. The molecule has 334 valence electrons. The number of rotatable bonds is 42. The third kappa shape index (κ3) is 30.3. The Kier molecular flexibility index (Phi) is 37.7. The van der Waals surface area contributed by atoms with Crippen molar-refractivity contribution in [2.45, 2.75) is 269 Å². The molecule has 0 spiro atoms. The lowest BCUT2D eigenvalue weighted by Crippen LogP contribution is -2.59. The molecule has 0 aliphatic carbocycles. The lowest BCUT2D eigenvalue weighted by atomic mass is 9.99. The molecule has 4 N–H and O–H groups in total.